The van der Waals surface area contributed by atoms with Crippen LogP contribution in [0, 0.1) is 0 Å². The zero-order chi connectivity index (χ0) is 19.5. The molecule has 0 N–H and O–H groups in total. The first-order valence-corrected chi connectivity index (χ1v) is 10.1. The van der Waals surface area contributed by atoms with Crippen molar-refractivity contribution in [1.29, 1.82) is 0 Å². The van der Waals surface area contributed by atoms with E-state index in [9.17, 15) is 4.79 Å². The molecule has 1 amide bonds. The fourth-order valence-corrected chi connectivity index (χ4v) is 4.00. The van der Waals surface area contributed by atoms with E-state index < -0.39 is 0 Å². The number of carbonyl (C=O) groups excluding carboxylic acids is 1. The van der Waals surface area contributed by atoms with Gasteiger partial charge in [-0.05, 0) is 37.1 Å². The first-order valence-electron chi connectivity index (χ1n) is 9.26. The standard InChI is InChI=1S/C21H20N4O2S/c1-3-10-25(4-2)21(26)18-13-23-20(28-18)19-16-8-7-14(11-17(16)27-24-19)15-6-5-9-22-12-15/h5-9,11-13H,3-4,10H2,1-2H3. The summed E-state index contributed by atoms with van der Waals surface area (Å²) in [7, 11) is 0. The Labute approximate surface area is 166 Å². The van der Waals surface area contributed by atoms with E-state index in [1.54, 1.807) is 12.4 Å². The molecule has 0 fully saturated rings. The van der Waals surface area contributed by atoms with Crippen molar-refractivity contribution >= 4 is 28.2 Å². The highest BCUT2D eigenvalue weighted by atomic mass is 32.1. The van der Waals surface area contributed by atoms with Gasteiger partial charge < -0.3 is 9.42 Å². The maximum absolute atomic E-state index is 12.7. The van der Waals surface area contributed by atoms with Crippen molar-refractivity contribution in [3.05, 3.63) is 53.8 Å². The quantitative estimate of drug-likeness (QED) is 0.467. The lowest BCUT2D eigenvalue weighted by Crippen LogP contribution is -2.30. The monoisotopic (exact) mass is 392 g/mol. The lowest BCUT2D eigenvalue weighted by molar-refractivity contribution is 0.0769. The summed E-state index contributed by atoms with van der Waals surface area (Å²) >= 11 is 1.35. The van der Waals surface area contributed by atoms with Gasteiger partial charge in [-0.15, -0.1) is 11.3 Å². The number of rotatable bonds is 6. The molecule has 142 valence electrons. The van der Waals surface area contributed by atoms with E-state index in [1.165, 1.54) is 11.3 Å². The molecule has 0 saturated carbocycles. The van der Waals surface area contributed by atoms with Crippen molar-refractivity contribution in [2.45, 2.75) is 20.3 Å². The Morgan fingerprint density at radius 2 is 2.07 bits per heavy atom. The number of amides is 1. The molecule has 0 saturated heterocycles. The highest BCUT2D eigenvalue weighted by Crippen LogP contribution is 2.33. The Kier molecular flexibility index (Phi) is 5.16. The Balaban J connectivity index is 1.65. The second kappa shape index (κ2) is 7.90. The topological polar surface area (TPSA) is 72.1 Å². The van der Waals surface area contributed by atoms with Crippen LogP contribution in [0.1, 0.15) is 29.9 Å². The highest BCUT2D eigenvalue weighted by molar-refractivity contribution is 7.17. The van der Waals surface area contributed by atoms with Crippen LogP contribution in [-0.2, 0) is 0 Å². The van der Waals surface area contributed by atoms with E-state index in [0.29, 0.717) is 27.7 Å². The Morgan fingerprint density at radius 3 is 2.82 bits per heavy atom. The van der Waals surface area contributed by atoms with Gasteiger partial charge in [0.1, 0.15) is 15.6 Å². The third-order valence-corrected chi connectivity index (χ3v) is 5.54. The Bertz CT molecular complexity index is 1100. The molecule has 3 heterocycles. The number of benzene rings is 1. The van der Waals surface area contributed by atoms with Gasteiger partial charge in [0.15, 0.2) is 5.58 Å². The van der Waals surface area contributed by atoms with Gasteiger partial charge in [-0.1, -0.05) is 24.2 Å². The number of thiazole rings is 1. The average molecular weight is 392 g/mol. The molecule has 0 bridgehead atoms. The molecule has 0 aliphatic rings. The molecule has 0 unspecified atom stereocenters. The minimum Gasteiger partial charge on any atom is -0.356 e. The summed E-state index contributed by atoms with van der Waals surface area (Å²) in [6.07, 6.45) is 6.12. The van der Waals surface area contributed by atoms with Crippen molar-refractivity contribution in [1.82, 2.24) is 20.0 Å². The molecular weight excluding hydrogens is 372 g/mol. The van der Waals surface area contributed by atoms with Gasteiger partial charge in [0.05, 0.1) is 11.6 Å². The molecule has 0 aliphatic carbocycles. The number of nitrogens with zero attached hydrogens (tertiary/aromatic N) is 4. The predicted molar refractivity (Wildman–Crippen MR) is 110 cm³/mol. The molecule has 0 atom stereocenters. The van der Waals surface area contributed by atoms with E-state index >= 15 is 0 Å². The minimum atomic E-state index is 0.0137. The number of pyridine rings is 1. The van der Waals surface area contributed by atoms with Crippen LogP contribution in [-0.4, -0.2) is 39.0 Å². The predicted octanol–water partition coefficient (Wildman–Crippen LogP) is 4.89. The maximum Gasteiger partial charge on any atom is 0.265 e. The van der Waals surface area contributed by atoms with E-state index in [1.807, 2.05) is 48.4 Å². The molecule has 1 aromatic carbocycles. The summed E-state index contributed by atoms with van der Waals surface area (Å²) in [5, 5.41) is 5.77. The molecular formula is C21H20N4O2S. The average Bonchev–Trinajstić information content (AvgIpc) is 3.38. The smallest absolute Gasteiger partial charge is 0.265 e. The third-order valence-electron chi connectivity index (χ3n) is 4.55. The normalized spacial score (nSPS) is 11.1. The van der Waals surface area contributed by atoms with E-state index in [0.717, 1.165) is 29.5 Å². The van der Waals surface area contributed by atoms with Gasteiger partial charge in [0.2, 0.25) is 0 Å². The van der Waals surface area contributed by atoms with Gasteiger partial charge in [-0.3, -0.25) is 9.78 Å². The molecule has 0 radical (unpaired) electrons. The van der Waals surface area contributed by atoms with Crippen molar-refractivity contribution in [3.63, 3.8) is 0 Å². The number of hydrogen-bond donors (Lipinski definition) is 0. The second-order valence-electron chi connectivity index (χ2n) is 6.40. The zero-order valence-electron chi connectivity index (χ0n) is 15.8. The fraction of sp³-hybridized carbons (Fsp3) is 0.238. The van der Waals surface area contributed by atoms with Crippen LogP contribution in [0.25, 0.3) is 32.8 Å². The molecule has 0 spiro atoms. The molecule has 6 nitrogen and oxygen atoms in total. The van der Waals surface area contributed by atoms with E-state index in [-0.39, 0.29) is 5.91 Å². The SMILES string of the molecule is CCCN(CC)C(=O)c1cnc(-c2noc3cc(-c4cccnc4)ccc23)s1. The maximum atomic E-state index is 12.7. The van der Waals surface area contributed by atoms with E-state index in [4.69, 9.17) is 4.52 Å². The van der Waals surface area contributed by atoms with Gasteiger partial charge in [0, 0.05) is 31.0 Å². The molecule has 28 heavy (non-hydrogen) atoms. The van der Waals surface area contributed by atoms with Gasteiger partial charge in [-0.25, -0.2) is 4.98 Å². The van der Waals surface area contributed by atoms with Crippen molar-refractivity contribution < 1.29 is 9.32 Å². The van der Waals surface area contributed by atoms with Crippen LogP contribution in [0.3, 0.4) is 0 Å². The van der Waals surface area contributed by atoms with Crippen molar-refractivity contribution in [2.75, 3.05) is 13.1 Å². The van der Waals surface area contributed by atoms with E-state index in [2.05, 4.69) is 22.0 Å². The molecule has 4 rings (SSSR count). The molecule has 7 heteroatoms. The zero-order valence-corrected chi connectivity index (χ0v) is 16.6. The second-order valence-corrected chi connectivity index (χ2v) is 7.43. The van der Waals surface area contributed by atoms with Gasteiger partial charge in [-0.2, -0.15) is 0 Å². The van der Waals surface area contributed by atoms with Crippen LogP contribution < -0.4 is 0 Å². The summed E-state index contributed by atoms with van der Waals surface area (Å²) in [4.78, 5) is 23.7. The van der Waals surface area contributed by atoms with Crippen LogP contribution >= 0.6 is 11.3 Å². The summed E-state index contributed by atoms with van der Waals surface area (Å²) in [5.74, 6) is 0.0137. The van der Waals surface area contributed by atoms with Gasteiger partial charge >= 0.3 is 0 Å². The number of carbonyl (C=O) groups is 1. The summed E-state index contributed by atoms with van der Waals surface area (Å²) < 4.78 is 5.54. The fourth-order valence-electron chi connectivity index (χ4n) is 3.12. The van der Waals surface area contributed by atoms with Crippen LogP contribution in [0.15, 0.2) is 53.4 Å². The largest absolute Gasteiger partial charge is 0.356 e. The van der Waals surface area contributed by atoms with Crippen LogP contribution in [0.4, 0.5) is 0 Å². The molecule has 3 aromatic heterocycles. The van der Waals surface area contributed by atoms with Crippen molar-refractivity contribution in [2.24, 2.45) is 0 Å². The minimum absolute atomic E-state index is 0.0137. The highest BCUT2D eigenvalue weighted by Gasteiger charge is 2.20. The van der Waals surface area contributed by atoms with Crippen molar-refractivity contribution in [3.8, 4) is 21.8 Å². The molecule has 0 aliphatic heterocycles. The van der Waals surface area contributed by atoms with Gasteiger partial charge in [0.25, 0.3) is 5.91 Å². The number of hydrogen-bond acceptors (Lipinski definition) is 6. The number of aromatic nitrogens is 3. The van der Waals surface area contributed by atoms with Crippen LogP contribution in [0.2, 0.25) is 0 Å². The summed E-state index contributed by atoms with van der Waals surface area (Å²) in [6, 6.07) is 9.84. The Morgan fingerprint density at radius 1 is 1.18 bits per heavy atom. The number of fused-ring (bicyclic) bond motifs is 1. The third kappa shape index (κ3) is 3.41. The summed E-state index contributed by atoms with van der Waals surface area (Å²) in [5.41, 5.74) is 3.37. The lowest BCUT2D eigenvalue weighted by atomic mass is 10.1. The summed E-state index contributed by atoms with van der Waals surface area (Å²) in [6.45, 7) is 5.48. The molecule has 4 aromatic rings. The first-order chi connectivity index (χ1) is 13.7. The Hall–Kier alpha value is -3.06. The van der Waals surface area contributed by atoms with Crippen LogP contribution in [0.5, 0.6) is 0 Å². The lowest BCUT2D eigenvalue weighted by Gasteiger charge is -2.18. The first kappa shape index (κ1) is 18.3.